The summed E-state index contributed by atoms with van der Waals surface area (Å²) >= 11 is 0. The summed E-state index contributed by atoms with van der Waals surface area (Å²) in [5, 5.41) is 8.57. The molecule has 0 unspecified atom stereocenters. The van der Waals surface area contributed by atoms with Crippen LogP contribution in [0.4, 0.5) is 4.39 Å². The summed E-state index contributed by atoms with van der Waals surface area (Å²) in [7, 11) is 0. The van der Waals surface area contributed by atoms with E-state index in [1.54, 1.807) is 0 Å². The van der Waals surface area contributed by atoms with Gasteiger partial charge < -0.3 is 10.8 Å². The topological polar surface area (TPSA) is 63.3 Å². The van der Waals surface area contributed by atoms with Gasteiger partial charge in [-0.2, -0.15) is 0 Å². The first-order valence-corrected chi connectivity index (χ1v) is 3.69. The van der Waals surface area contributed by atoms with Gasteiger partial charge in [0.15, 0.2) is 0 Å². The first-order chi connectivity index (χ1) is 5.15. The van der Waals surface area contributed by atoms with E-state index in [1.807, 2.05) is 0 Å². The fraction of sp³-hybridized carbons (Fsp3) is 0.857. The Labute approximate surface area is 64.4 Å². The molecule has 3 atom stereocenters. The van der Waals surface area contributed by atoms with Crippen molar-refractivity contribution in [2.45, 2.75) is 18.9 Å². The van der Waals surface area contributed by atoms with Crippen molar-refractivity contribution < 1.29 is 14.3 Å². The molecular weight excluding hydrogens is 149 g/mol. The van der Waals surface area contributed by atoms with Crippen molar-refractivity contribution in [3.63, 3.8) is 0 Å². The van der Waals surface area contributed by atoms with Gasteiger partial charge in [0.25, 0.3) is 0 Å². The molecule has 1 aliphatic rings. The van der Waals surface area contributed by atoms with Gasteiger partial charge in [-0.05, 0) is 12.8 Å². The predicted molar refractivity (Wildman–Crippen MR) is 37.8 cm³/mol. The van der Waals surface area contributed by atoms with Gasteiger partial charge in [0.05, 0.1) is 12.6 Å². The first kappa shape index (κ1) is 8.46. The second-order valence-corrected chi connectivity index (χ2v) is 3.08. The summed E-state index contributed by atoms with van der Waals surface area (Å²) in [5.41, 5.74) is 5.51. The third kappa shape index (κ3) is 1.68. The van der Waals surface area contributed by atoms with Crippen LogP contribution >= 0.6 is 0 Å². The fourth-order valence-corrected chi connectivity index (χ4v) is 1.54. The molecule has 3 nitrogen and oxygen atoms in total. The Morgan fingerprint density at radius 1 is 1.64 bits per heavy atom. The maximum absolute atomic E-state index is 12.1. The minimum Gasteiger partial charge on any atom is -0.481 e. The molecule has 64 valence electrons. The van der Waals surface area contributed by atoms with Crippen molar-refractivity contribution in [3.05, 3.63) is 0 Å². The van der Waals surface area contributed by atoms with Crippen LogP contribution in [0.15, 0.2) is 0 Å². The van der Waals surface area contributed by atoms with Gasteiger partial charge in [-0.25, -0.2) is 0 Å². The molecule has 1 fully saturated rings. The molecule has 0 radical (unpaired) electrons. The van der Waals surface area contributed by atoms with Crippen LogP contribution in [0.2, 0.25) is 0 Å². The molecule has 0 aromatic carbocycles. The van der Waals surface area contributed by atoms with Crippen molar-refractivity contribution in [2.75, 3.05) is 6.67 Å². The lowest BCUT2D eigenvalue weighted by atomic mass is 10.1. The number of hydrogen-bond acceptors (Lipinski definition) is 2. The normalized spacial score (nSPS) is 37.5. The van der Waals surface area contributed by atoms with E-state index in [0.717, 1.165) is 0 Å². The summed E-state index contributed by atoms with van der Waals surface area (Å²) in [4.78, 5) is 10.4. The highest BCUT2D eigenvalue weighted by molar-refractivity contribution is 5.70. The molecule has 4 heteroatoms. The zero-order valence-corrected chi connectivity index (χ0v) is 6.16. The minimum atomic E-state index is -0.851. The van der Waals surface area contributed by atoms with Gasteiger partial charge >= 0.3 is 5.97 Å². The smallest absolute Gasteiger partial charge is 0.306 e. The van der Waals surface area contributed by atoms with Crippen LogP contribution in [0.25, 0.3) is 0 Å². The second-order valence-electron chi connectivity index (χ2n) is 3.08. The van der Waals surface area contributed by atoms with Gasteiger partial charge in [-0.3, -0.25) is 9.18 Å². The second kappa shape index (κ2) is 3.17. The van der Waals surface area contributed by atoms with E-state index in [1.165, 1.54) is 0 Å². The van der Waals surface area contributed by atoms with Crippen molar-refractivity contribution in [1.29, 1.82) is 0 Å². The summed E-state index contributed by atoms with van der Waals surface area (Å²) < 4.78 is 12.1. The van der Waals surface area contributed by atoms with E-state index in [-0.39, 0.29) is 12.0 Å². The van der Waals surface area contributed by atoms with Gasteiger partial charge in [-0.15, -0.1) is 0 Å². The van der Waals surface area contributed by atoms with E-state index < -0.39 is 18.6 Å². The number of rotatable bonds is 2. The molecule has 0 heterocycles. The van der Waals surface area contributed by atoms with Crippen LogP contribution in [0, 0.1) is 11.8 Å². The molecule has 0 amide bonds. The summed E-state index contributed by atoms with van der Waals surface area (Å²) in [6.45, 7) is -0.495. The molecule has 0 bridgehead atoms. The first-order valence-electron chi connectivity index (χ1n) is 3.69. The number of hydrogen-bond donors (Lipinski definition) is 2. The lowest BCUT2D eigenvalue weighted by molar-refractivity contribution is -0.141. The molecule has 11 heavy (non-hydrogen) atoms. The van der Waals surface area contributed by atoms with Crippen LogP contribution < -0.4 is 5.73 Å². The highest BCUT2D eigenvalue weighted by Crippen LogP contribution is 2.30. The third-order valence-electron chi connectivity index (χ3n) is 2.30. The Morgan fingerprint density at radius 2 is 2.27 bits per heavy atom. The molecule has 0 aromatic heterocycles. The van der Waals surface area contributed by atoms with Gasteiger partial charge in [0.1, 0.15) is 0 Å². The zero-order chi connectivity index (χ0) is 8.43. The fourth-order valence-electron chi connectivity index (χ4n) is 1.54. The average Bonchev–Trinajstić information content (AvgIpc) is 2.31. The van der Waals surface area contributed by atoms with E-state index in [4.69, 9.17) is 10.8 Å². The summed E-state index contributed by atoms with van der Waals surface area (Å²) in [5.74, 6) is -1.52. The van der Waals surface area contributed by atoms with Crippen molar-refractivity contribution in [3.8, 4) is 0 Å². The van der Waals surface area contributed by atoms with Gasteiger partial charge in [0, 0.05) is 12.0 Å². The maximum Gasteiger partial charge on any atom is 0.306 e. The van der Waals surface area contributed by atoms with E-state index in [9.17, 15) is 9.18 Å². The summed E-state index contributed by atoms with van der Waals surface area (Å²) in [6, 6.07) is -0.263. The largest absolute Gasteiger partial charge is 0.481 e. The van der Waals surface area contributed by atoms with Gasteiger partial charge in [-0.1, -0.05) is 0 Å². The number of halogens is 1. The lowest BCUT2D eigenvalue weighted by Crippen LogP contribution is -2.25. The Balaban J connectivity index is 2.49. The number of carboxylic acid groups (broad SMARTS) is 1. The van der Waals surface area contributed by atoms with Crippen LogP contribution in [0.1, 0.15) is 12.8 Å². The molecule has 0 aliphatic heterocycles. The monoisotopic (exact) mass is 161 g/mol. The van der Waals surface area contributed by atoms with Crippen LogP contribution in [-0.2, 0) is 4.79 Å². The number of alkyl halides is 1. The standard InChI is InChI=1S/C7H12FNO2/c8-3-5-1-4(7(10)11)2-6(5)9/h4-6H,1-3,9H2,(H,10,11)/t4-,5+,6-/m0/s1. The summed E-state index contributed by atoms with van der Waals surface area (Å²) in [6.07, 6.45) is 0.816. The Kier molecular flexibility index (Phi) is 2.44. The van der Waals surface area contributed by atoms with Crippen LogP contribution in [-0.4, -0.2) is 23.8 Å². The highest BCUT2D eigenvalue weighted by Gasteiger charge is 2.35. The van der Waals surface area contributed by atoms with Crippen LogP contribution in [0.3, 0.4) is 0 Å². The van der Waals surface area contributed by atoms with Gasteiger partial charge in [0.2, 0.25) is 0 Å². The van der Waals surface area contributed by atoms with Crippen molar-refractivity contribution in [1.82, 2.24) is 0 Å². The molecule has 3 N–H and O–H groups in total. The van der Waals surface area contributed by atoms with Crippen molar-refractivity contribution in [2.24, 2.45) is 17.6 Å². The Bertz CT molecular complexity index is 163. The number of carboxylic acids is 1. The zero-order valence-electron chi connectivity index (χ0n) is 6.16. The highest BCUT2D eigenvalue weighted by atomic mass is 19.1. The molecule has 1 saturated carbocycles. The van der Waals surface area contributed by atoms with E-state index in [2.05, 4.69) is 0 Å². The number of nitrogens with two attached hydrogens (primary N) is 1. The Hall–Kier alpha value is -0.640. The predicted octanol–water partition coefficient (Wildman–Crippen LogP) is 0.394. The van der Waals surface area contributed by atoms with Crippen molar-refractivity contribution >= 4 is 5.97 Å². The van der Waals surface area contributed by atoms with Crippen LogP contribution in [0.5, 0.6) is 0 Å². The van der Waals surface area contributed by atoms with E-state index >= 15 is 0 Å². The lowest BCUT2D eigenvalue weighted by Gasteiger charge is -2.08. The third-order valence-corrected chi connectivity index (χ3v) is 2.30. The molecule has 0 spiro atoms. The molecule has 1 rings (SSSR count). The molecule has 0 saturated heterocycles. The average molecular weight is 161 g/mol. The molecule has 0 aromatic rings. The number of carbonyl (C=O) groups is 1. The minimum absolute atomic E-state index is 0.240. The molecular formula is C7H12FNO2. The quantitative estimate of drug-likeness (QED) is 0.616. The number of aliphatic carboxylic acids is 1. The van der Waals surface area contributed by atoms with E-state index in [0.29, 0.717) is 12.8 Å². The SMILES string of the molecule is N[C@H]1C[C@@H](C(=O)O)C[C@@H]1CF. The Morgan fingerprint density at radius 3 is 2.55 bits per heavy atom. The molecule has 1 aliphatic carbocycles. The maximum atomic E-state index is 12.1.